The fourth-order valence-electron chi connectivity index (χ4n) is 1.65. The number of nitrogens with one attached hydrogen (secondary N) is 1. The summed E-state index contributed by atoms with van der Waals surface area (Å²) in [5.41, 5.74) is 0.766. The first-order chi connectivity index (χ1) is 10.0. The Morgan fingerprint density at radius 2 is 1.95 bits per heavy atom. The Morgan fingerprint density at radius 1 is 1.19 bits per heavy atom. The van der Waals surface area contributed by atoms with Crippen LogP contribution in [-0.2, 0) is 0 Å². The molecule has 1 amide bonds. The van der Waals surface area contributed by atoms with Crippen molar-refractivity contribution in [3.63, 3.8) is 0 Å². The molecule has 1 N–H and O–H groups in total. The summed E-state index contributed by atoms with van der Waals surface area (Å²) in [7, 11) is 3.05. The van der Waals surface area contributed by atoms with E-state index in [1.54, 1.807) is 18.2 Å². The highest BCUT2D eigenvalue weighted by atomic mass is 35.5. The highest BCUT2D eigenvalue weighted by molar-refractivity contribution is 6.41. The van der Waals surface area contributed by atoms with Crippen molar-refractivity contribution in [2.24, 2.45) is 0 Å². The van der Waals surface area contributed by atoms with Crippen molar-refractivity contribution < 1.29 is 14.3 Å². The largest absolute Gasteiger partial charge is 0.497 e. The van der Waals surface area contributed by atoms with Gasteiger partial charge in [0.1, 0.15) is 16.7 Å². The van der Waals surface area contributed by atoms with Gasteiger partial charge in [-0.2, -0.15) is 0 Å². The van der Waals surface area contributed by atoms with Crippen molar-refractivity contribution in [2.75, 3.05) is 19.5 Å². The van der Waals surface area contributed by atoms with Crippen molar-refractivity contribution in [2.45, 2.75) is 0 Å². The Balaban J connectivity index is 2.28. The summed E-state index contributed by atoms with van der Waals surface area (Å²) in [5, 5.41) is 3.07. The number of rotatable bonds is 4. The molecule has 2 aromatic rings. The van der Waals surface area contributed by atoms with E-state index < -0.39 is 0 Å². The molecule has 0 saturated carbocycles. The lowest BCUT2D eigenvalue weighted by Crippen LogP contribution is -2.13. The third kappa shape index (κ3) is 3.56. The summed E-state index contributed by atoms with van der Waals surface area (Å²) in [6.07, 6.45) is 1.34. The highest BCUT2D eigenvalue weighted by Crippen LogP contribution is 2.29. The number of anilines is 1. The van der Waals surface area contributed by atoms with Crippen molar-refractivity contribution in [1.82, 2.24) is 4.98 Å². The van der Waals surface area contributed by atoms with Crippen LogP contribution in [0, 0.1) is 0 Å². The van der Waals surface area contributed by atoms with Gasteiger partial charge < -0.3 is 14.8 Å². The molecule has 0 atom stereocenters. The van der Waals surface area contributed by atoms with Crippen LogP contribution in [0.3, 0.4) is 0 Å². The van der Waals surface area contributed by atoms with Gasteiger partial charge in [-0.05, 0) is 18.2 Å². The number of hydrogen-bond acceptors (Lipinski definition) is 4. The molecule has 0 radical (unpaired) electrons. The highest BCUT2D eigenvalue weighted by Gasteiger charge is 2.13. The number of hydrogen-bond donors (Lipinski definition) is 1. The van der Waals surface area contributed by atoms with Gasteiger partial charge in [0.15, 0.2) is 0 Å². The first kappa shape index (κ1) is 15.4. The maximum atomic E-state index is 12.2. The van der Waals surface area contributed by atoms with Crippen molar-refractivity contribution in [1.29, 1.82) is 0 Å². The first-order valence-electron chi connectivity index (χ1n) is 5.89. The molecule has 2 rings (SSSR count). The zero-order chi connectivity index (χ0) is 15.4. The second-order valence-electron chi connectivity index (χ2n) is 4.02. The van der Waals surface area contributed by atoms with Gasteiger partial charge >= 0.3 is 0 Å². The molecule has 1 aromatic carbocycles. The predicted molar refractivity (Wildman–Crippen MR) is 81.8 cm³/mol. The number of carbonyl (C=O) groups is 1. The molecule has 0 saturated heterocycles. The molecular weight excluding hydrogens is 315 g/mol. The Hall–Kier alpha value is -1.98. The Bertz CT molecular complexity index is 677. The van der Waals surface area contributed by atoms with E-state index in [2.05, 4.69) is 10.3 Å². The van der Waals surface area contributed by atoms with Crippen LogP contribution in [0.1, 0.15) is 10.4 Å². The summed E-state index contributed by atoms with van der Waals surface area (Å²) in [4.78, 5) is 16.0. The number of halogens is 2. The molecule has 1 heterocycles. The lowest BCUT2D eigenvalue weighted by atomic mass is 10.2. The molecule has 110 valence electrons. The average Bonchev–Trinajstić information content (AvgIpc) is 2.49. The van der Waals surface area contributed by atoms with Gasteiger partial charge in [-0.3, -0.25) is 4.79 Å². The predicted octanol–water partition coefficient (Wildman–Crippen LogP) is 3.66. The number of benzene rings is 1. The molecule has 0 aliphatic rings. The maximum absolute atomic E-state index is 12.2. The molecule has 21 heavy (non-hydrogen) atoms. The van der Waals surface area contributed by atoms with Gasteiger partial charge in [0.2, 0.25) is 0 Å². The van der Waals surface area contributed by atoms with Gasteiger partial charge in [-0.25, -0.2) is 4.98 Å². The standard InChI is InChI=1S/C14H12Cl2N2O3/c1-20-9-3-4-12(21-2)11(6-9)18-14(19)8-5-10(15)13(16)17-7-8/h3-7H,1-2H3,(H,18,19). The maximum Gasteiger partial charge on any atom is 0.257 e. The molecule has 0 fully saturated rings. The Kier molecular flexibility index (Phi) is 4.88. The van der Waals surface area contributed by atoms with E-state index >= 15 is 0 Å². The number of methoxy groups -OCH3 is 2. The molecule has 0 bridgehead atoms. The van der Waals surface area contributed by atoms with Crippen LogP contribution in [0.25, 0.3) is 0 Å². The smallest absolute Gasteiger partial charge is 0.257 e. The summed E-state index contributed by atoms with van der Waals surface area (Å²) < 4.78 is 10.3. The van der Waals surface area contributed by atoms with Gasteiger partial charge in [0.25, 0.3) is 5.91 Å². The van der Waals surface area contributed by atoms with E-state index in [1.807, 2.05) is 0 Å². The van der Waals surface area contributed by atoms with E-state index in [0.29, 0.717) is 17.2 Å². The molecule has 0 aliphatic carbocycles. The van der Waals surface area contributed by atoms with Crippen LogP contribution in [0.4, 0.5) is 5.69 Å². The van der Waals surface area contributed by atoms with Gasteiger partial charge in [-0.1, -0.05) is 23.2 Å². The Morgan fingerprint density at radius 3 is 2.57 bits per heavy atom. The fourth-order valence-corrected chi connectivity index (χ4v) is 1.92. The number of aromatic nitrogens is 1. The van der Waals surface area contributed by atoms with Crippen molar-refractivity contribution in [3.8, 4) is 11.5 Å². The van der Waals surface area contributed by atoms with E-state index in [-0.39, 0.29) is 21.6 Å². The quantitative estimate of drug-likeness (QED) is 0.871. The minimum atomic E-state index is -0.382. The molecule has 0 unspecified atom stereocenters. The molecule has 0 aliphatic heterocycles. The monoisotopic (exact) mass is 326 g/mol. The molecule has 5 nitrogen and oxygen atoms in total. The minimum Gasteiger partial charge on any atom is -0.497 e. The van der Waals surface area contributed by atoms with Crippen LogP contribution in [0.15, 0.2) is 30.5 Å². The second-order valence-corrected chi connectivity index (χ2v) is 4.78. The third-order valence-corrected chi connectivity index (χ3v) is 3.40. The minimum absolute atomic E-state index is 0.146. The van der Waals surface area contributed by atoms with Crippen molar-refractivity contribution >= 4 is 34.8 Å². The Labute approximate surface area is 131 Å². The lowest BCUT2D eigenvalue weighted by molar-refractivity contribution is 0.102. The molecule has 1 aromatic heterocycles. The van der Waals surface area contributed by atoms with Crippen LogP contribution >= 0.6 is 23.2 Å². The average molecular weight is 327 g/mol. The number of amides is 1. The number of pyridine rings is 1. The van der Waals surface area contributed by atoms with Crippen LogP contribution < -0.4 is 14.8 Å². The van der Waals surface area contributed by atoms with Gasteiger partial charge in [0, 0.05) is 12.3 Å². The number of carbonyl (C=O) groups excluding carboxylic acids is 1. The van der Waals surface area contributed by atoms with Crippen LogP contribution in [0.5, 0.6) is 11.5 Å². The van der Waals surface area contributed by atoms with E-state index in [9.17, 15) is 4.79 Å². The lowest BCUT2D eigenvalue weighted by Gasteiger charge is -2.11. The van der Waals surface area contributed by atoms with Gasteiger partial charge in [-0.15, -0.1) is 0 Å². The zero-order valence-corrected chi connectivity index (χ0v) is 12.8. The van der Waals surface area contributed by atoms with Crippen molar-refractivity contribution in [3.05, 3.63) is 46.2 Å². The molecular formula is C14H12Cl2N2O3. The topological polar surface area (TPSA) is 60.5 Å². The number of nitrogens with zero attached hydrogens (tertiary/aromatic N) is 1. The summed E-state index contributed by atoms with van der Waals surface area (Å²) >= 11 is 11.6. The third-order valence-electron chi connectivity index (χ3n) is 2.71. The summed E-state index contributed by atoms with van der Waals surface area (Å²) in [5.74, 6) is 0.725. The van der Waals surface area contributed by atoms with Crippen LogP contribution in [0.2, 0.25) is 10.2 Å². The van der Waals surface area contributed by atoms with E-state index in [1.165, 1.54) is 26.5 Å². The second kappa shape index (κ2) is 6.65. The van der Waals surface area contributed by atoms with E-state index in [0.717, 1.165) is 0 Å². The van der Waals surface area contributed by atoms with Gasteiger partial charge in [0.05, 0.1) is 30.5 Å². The van der Waals surface area contributed by atoms with E-state index in [4.69, 9.17) is 32.7 Å². The van der Waals surface area contributed by atoms with Crippen LogP contribution in [-0.4, -0.2) is 25.1 Å². The first-order valence-corrected chi connectivity index (χ1v) is 6.65. The molecule has 7 heteroatoms. The fraction of sp³-hybridized carbons (Fsp3) is 0.143. The molecule has 0 spiro atoms. The summed E-state index contributed by atoms with van der Waals surface area (Å²) in [6, 6.07) is 6.53. The zero-order valence-electron chi connectivity index (χ0n) is 11.3. The summed E-state index contributed by atoms with van der Waals surface area (Å²) in [6.45, 7) is 0. The SMILES string of the molecule is COc1ccc(OC)c(NC(=O)c2cnc(Cl)c(Cl)c2)c1. The number of ether oxygens (including phenoxy) is 2. The normalized spacial score (nSPS) is 10.1.